The van der Waals surface area contributed by atoms with E-state index in [2.05, 4.69) is 9.97 Å². The van der Waals surface area contributed by atoms with Crippen molar-refractivity contribution in [1.29, 1.82) is 0 Å². The summed E-state index contributed by atoms with van der Waals surface area (Å²) in [6, 6.07) is 1.88. The zero-order valence-electron chi connectivity index (χ0n) is 6.51. The number of benzene rings is 1. The highest BCUT2D eigenvalue weighted by atomic mass is 19.1. The van der Waals surface area contributed by atoms with Crippen molar-refractivity contribution in [3.63, 3.8) is 0 Å². The first kappa shape index (κ1) is 8.12. The average Bonchev–Trinajstić information content (AvgIpc) is 2.47. The average molecular weight is 184 g/mol. The van der Waals surface area contributed by atoms with Crippen molar-refractivity contribution in [2.75, 3.05) is 0 Å². The Balaban J connectivity index is 2.75. The van der Waals surface area contributed by atoms with Gasteiger partial charge in [-0.15, -0.1) is 0 Å². The summed E-state index contributed by atoms with van der Waals surface area (Å²) in [7, 11) is 0. The summed E-state index contributed by atoms with van der Waals surface area (Å²) >= 11 is 0. The monoisotopic (exact) mass is 184 g/mol. The normalized spacial score (nSPS) is 11.0. The van der Waals surface area contributed by atoms with Crippen LogP contribution in [0.15, 0.2) is 12.1 Å². The Hall–Kier alpha value is -1.49. The van der Waals surface area contributed by atoms with Gasteiger partial charge in [-0.1, -0.05) is 0 Å². The maximum Gasteiger partial charge on any atom is 0.153 e. The number of imidazole rings is 1. The van der Waals surface area contributed by atoms with E-state index in [4.69, 9.17) is 5.11 Å². The van der Waals surface area contributed by atoms with Gasteiger partial charge in [0.1, 0.15) is 23.8 Å². The number of nitrogens with one attached hydrogen (secondary N) is 1. The highest BCUT2D eigenvalue weighted by molar-refractivity contribution is 5.75. The van der Waals surface area contributed by atoms with Crippen molar-refractivity contribution < 1.29 is 13.9 Å². The third kappa shape index (κ3) is 1.27. The van der Waals surface area contributed by atoms with Crippen molar-refractivity contribution in [2.24, 2.45) is 0 Å². The van der Waals surface area contributed by atoms with Gasteiger partial charge in [-0.25, -0.2) is 13.8 Å². The molecule has 2 rings (SSSR count). The molecule has 5 heteroatoms. The molecule has 0 saturated carbocycles. The predicted molar refractivity (Wildman–Crippen MR) is 41.9 cm³/mol. The van der Waals surface area contributed by atoms with Gasteiger partial charge in [0, 0.05) is 6.07 Å². The maximum atomic E-state index is 13.0. The molecule has 68 valence electrons. The highest BCUT2D eigenvalue weighted by Crippen LogP contribution is 2.16. The Morgan fingerprint density at radius 3 is 2.85 bits per heavy atom. The van der Waals surface area contributed by atoms with Crippen LogP contribution in [0, 0.1) is 11.6 Å². The Morgan fingerprint density at radius 2 is 2.15 bits per heavy atom. The zero-order chi connectivity index (χ0) is 9.42. The first-order chi connectivity index (χ1) is 6.20. The maximum absolute atomic E-state index is 13.0. The van der Waals surface area contributed by atoms with Gasteiger partial charge in [0.15, 0.2) is 5.82 Å². The molecule has 0 atom stereocenters. The van der Waals surface area contributed by atoms with E-state index in [0.717, 1.165) is 12.1 Å². The van der Waals surface area contributed by atoms with Gasteiger partial charge in [0.2, 0.25) is 0 Å². The van der Waals surface area contributed by atoms with E-state index in [1.54, 1.807) is 0 Å². The quantitative estimate of drug-likeness (QED) is 0.702. The van der Waals surface area contributed by atoms with Crippen molar-refractivity contribution >= 4 is 11.0 Å². The minimum absolute atomic E-state index is 0.0467. The van der Waals surface area contributed by atoms with Crippen LogP contribution in [0.4, 0.5) is 8.78 Å². The molecule has 1 aromatic carbocycles. The van der Waals surface area contributed by atoms with E-state index in [-0.39, 0.29) is 23.5 Å². The lowest BCUT2D eigenvalue weighted by Gasteiger charge is -1.90. The topological polar surface area (TPSA) is 48.9 Å². The number of hydrogen-bond acceptors (Lipinski definition) is 2. The molecule has 0 bridgehead atoms. The number of hydrogen-bond donors (Lipinski definition) is 2. The van der Waals surface area contributed by atoms with Crippen LogP contribution in [-0.2, 0) is 6.61 Å². The number of aromatic nitrogens is 2. The van der Waals surface area contributed by atoms with Crippen LogP contribution in [-0.4, -0.2) is 15.1 Å². The minimum Gasteiger partial charge on any atom is -0.388 e. The lowest BCUT2D eigenvalue weighted by molar-refractivity contribution is 0.273. The fourth-order valence-corrected chi connectivity index (χ4v) is 1.17. The predicted octanol–water partition coefficient (Wildman–Crippen LogP) is 1.33. The second kappa shape index (κ2) is 2.77. The first-order valence-corrected chi connectivity index (χ1v) is 3.65. The van der Waals surface area contributed by atoms with Gasteiger partial charge in [-0.2, -0.15) is 0 Å². The molecule has 2 N–H and O–H groups in total. The largest absolute Gasteiger partial charge is 0.388 e. The van der Waals surface area contributed by atoms with E-state index in [1.165, 1.54) is 0 Å². The Kier molecular flexibility index (Phi) is 1.73. The van der Waals surface area contributed by atoms with Crippen molar-refractivity contribution in [1.82, 2.24) is 9.97 Å². The van der Waals surface area contributed by atoms with Crippen LogP contribution in [0.5, 0.6) is 0 Å². The summed E-state index contributed by atoms with van der Waals surface area (Å²) in [5.74, 6) is -1.18. The second-order valence-electron chi connectivity index (χ2n) is 2.63. The number of aromatic amines is 1. The summed E-state index contributed by atoms with van der Waals surface area (Å²) in [6.45, 7) is -0.324. The van der Waals surface area contributed by atoms with E-state index in [1.807, 2.05) is 0 Å². The molecule has 0 aliphatic heterocycles. The number of aliphatic hydroxyl groups excluding tert-OH is 1. The summed E-state index contributed by atoms with van der Waals surface area (Å²) in [6.07, 6.45) is 0. The van der Waals surface area contributed by atoms with E-state index in [9.17, 15) is 8.78 Å². The summed E-state index contributed by atoms with van der Waals surface area (Å²) in [4.78, 5) is 6.31. The molecular weight excluding hydrogens is 178 g/mol. The van der Waals surface area contributed by atoms with Gasteiger partial charge >= 0.3 is 0 Å². The Labute approximate surface area is 72.0 Å². The number of H-pyrrole nitrogens is 1. The molecule has 1 aromatic heterocycles. The molecule has 0 aliphatic rings. The zero-order valence-corrected chi connectivity index (χ0v) is 6.51. The number of halogens is 2. The van der Waals surface area contributed by atoms with Crippen molar-refractivity contribution in [3.8, 4) is 0 Å². The molecule has 0 amide bonds. The lowest BCUT2D eigenvalue weighted by Crippen LogP contribution is -1.83. The molecule has 3 nitrogen and oxygen atoms in total. The van der Waals surface area contributed by atoms with Crippen LogP contribution >= 0.6 is 0 Å². The van der Waals surface area contributed by atoms with Crippen LogP contribution in [0.1, 0.15) is 5.82 Å². The SMILES string of the molecule is OCc1nc2c(F)cc(F)cc2[nH]1. The Morgan fingerprint density at radius 1 is 1.38 bits per heavy atom. The van der Waals surface area contributed by atoms with Crippen LogP contribution in [0.2, 0.25) is 0 Å². The molecular formula is C8H6F2N2O. The van der Waals surface area contributed by atoms with Crippen LogP contribution in [0.25, 0.3) is 11.0 Å². The smallest absolute Gasteiger partial charge is 0.153 e. The summed E-state index contributed by atoms with van der Waals surface area (Å²) in [5.41, 5.74) is 0.298. The molecule has 2 aromatic rings. The van der Waals surface area contributed by atoms with Gasteiger partial charge < -0.3 is 10.1 Å². The third-order valence-electron chi connectivity index (χ3n) is 1.70. The Bertz CT molecular complexity index is 453. The van der Waals surface area contributed by atoms with E-state index in [0.29, 0.717) is 0 Å². The fraction of sp³-hybridized carbons (Fsp3) is 0.125. The molecule has 0 fully saturated rings. The molecule has 0 saturated heterocycles. The molecule has 0 aliphatic carbocycles. The minimum atomic E-state index is -0.731. The van der Waals surface area contributed by atoms with Gasteiger partial charge in [0.05, 0.1) is 5.52 Å². The first-order valence-electron chi connectivity index (χ1n) is 3.65. The number of aliphatic hydroxyl groups is 1. The number of rotatable bonds is 1. The number of fused-ring (bicyclic) bond motifs is 1. The summed E-state index contributed by atoms with van der Waals surface area (Å²) in [5, 5.41) is 8.69. The standard InChI is InChI=1S/C8H6F2N2O/c9-4-1-5(10)8-6(2-4)11-7(3-13)12-8/h1-2,13H,3H2,(H,11,12). The lowest BCUT2D eigenvalue weighted by atomic mass is 10.3. The second-order valence-corrected chi connectivity index (χ2v) is 2.63. The molecule has 0 radical (unpaired) electrons. The van der Waals surface area contributed by atoms with Gasteiger partial charge in [-0.3, -0.25) is 0 Å². The van der Waals surface area contributed by atoms with E-state index >= 15 is 0 Å². The van der Waals surface area contributed by atoms with Gasteiger partial charge in [0.25, 0.3) is 0 Å². The number of nitrogens with zero attached hydrogens (tertiary/aromatic N) is 1. The highest BCUT2D eigenvalue weighted by Gasteiger charge is 2.08. The molecule has 1 heterocycles. The fourth-order valence-electron chi connectivity index (χ4n) is 1.17. The van der Waals surface area contributed by atoms with E-state index < -0.39 is 11.6 Å². The molecule has 0 unspecified atom stereocenters. The molecule has 0 spiro atoms. The van der Waals surface area contributed by atoms with Crippen molar-refractivity contribution in [2.45, 2.75) is 6.61 Å². The molecule has 13 heavy (non-hydrogen) atoms. The van der Waals surface area contributed by atoms with Crippen molar-refractivity contribution in [3.05, 3.63) is 29.6 Å². The summed E-state index contributed by atoms with van der Waals surface area (Å²) < 4.78 is 25.7. The third-order valence-corrected chi connectivity index (χ3v) is 1.70. The van der Waals surface area contributed by atoms with Crippen LogP contribution in [0.3, 0.4) is 0 Å². The van der Waals surface area contributed by atoms with Crippen LogP contribution < -0.4 is 0 Å². The van der Waals surface area contributed by atoms with Gasteiger partial charge in [-0.05, 0) is 6.07 Å².